The molecule has 1 aromatic rings. The Bertz CT molecular complexity index is 410. The number of hydrogen-bond acceptors (Lipinski definition) is 4. The number of nitro groups is 1. The van der Waals surface area contributed by atoms with Gasteiger partial charge in [-0.05, 0) is 25.7 Å². The van der Waals surface area contributed by atoms with Crippen molar-refractivity contribution in [3.05, 3.63) is 33.9 Å². The minimum Gasteiger partial charge on any atom is -0.490 e. The highest BCUT2D eigenvalue weighted by molar-refractivity contribution is 6.21. The molecule has 0 aliphatic carbocycles. The second-order valence-electron chi connectivity index (χ2n) is 3.92. The molecule has 1 unspecified atom stereocenters. The van der Waals surface area contributed by atoms with E-state index in [1.807, 2.05) is 19.0 Å². The Labute approximate surface area is 105 Å². The highest BCUT2D eigenvalue weighted by atomic mass is 35.5. The van der Waals surface area contributed by atoms with Crippen LogP contribution in [0.3, 0.4) is 0 Å². The first-order valence-electron chi connectivity index (χ1n) is 5.06. The second-order valence-corrected chi connectivity index (χ2v) is 4.45. The minimum atomic E-state index is -0.471. The molecule has 17 heavy (non-hydrogen) atoms. The molecule has 0 heterocycles. The molecular weight excluding hydrogens is 244 g/mol. The molecule has 0 bridgehead atoms. The van der Waals surface area contributed by atoms with E-state index in [2.05, 4.69) is 0 Å². The number of rotatable bonds is 5. The summed E-state index contributed by atoms with van der Waals surface area (Å²) in [4.78, 5) is 12.3. The molecule has 0 amide bonds. The van der Waals surface area contributed by atoms with Gasteiger partial charge in [0.15, 0.2) is 5.75 Å². The summed E-state index contributed by atoms with van der Waals surface area (Å²) in [6.45, 7) is 0.616. The van der Waals surface area contributed by atoms with Crippen LogP contribution in [0.4, 0.5) is 5.69 Å². The van der Waals surface area contributed by atoms with Crippen molar-refractivity contribution in [3.8, 4) is 5.75 Å². The van der Waals surface area contributed by atoms with E-state index in [0.29, 0.717) is 12.1 Å². The molecule has 94 valence electrons. The van der Waals surface area contributed by atoms with Gasteiger partial charge in [0.05, 0.1) is 17.4 Å². The van der Waals surface area contributed by atoms with Gasteiger partial charge in [-0.1, -0.05) is 6.07 Å². The topological polar surface area (TPSA) is 55.6 Å². The van der Waals surface area contributed by atoms with Gasteiger partial charge in [0.2, 0.25) is 0 Å². The number of likely N-dealkylation sites (N-methyl/N-ethyl adjacent to an activating group) is 1. The lowest BCUT2D eigenvalue weighted by Crippen LogP contribution is -2.17. The Hall–Kier alpha value is -1.33. The van der Waals surface area contributed by atoms with Crippen LogP contribution in [0.5, 0.6) is 5.75 Å². The van der Waals surface area contributed by atoms with E-state index in [-0.39, 0.29) is 16.8 Å². The van der Waals surface area contributed by atoms with Gasteiger partial charge in [0.1, 0.15) is 0 Å². The number of ether oxygens (including phenoxy) is 1. The number of alkyl halides is 1. The molecule has 0 saturated heterocycles. The molecule has 0 aliphatic rings. The fraction of sp³-hybridized carbons (Fsp3) is 0.455. The number of nitro benzene ring substituents is 1. The van der Waals surface area contributed by atoms with Crippen molar-refractivity contribution in [1.82, 2.24) is 4.90 Å². The lowest BCUT2D eigenvalue weighted by atomic mass is 10.1. The zero-order chi connectivity index (χ0) is 13.0. The van der Waals surface area contributed by atoms with Crippen molar-refractivity contribution in [3.63, 3.8) is 0 Å². The molecule has 0 spiro atoms. The summed E-state index contributed by atoms with van der Waals surface area (Å²) in [5, 5.41) is 10.6. The SMILES string of the molecule is COc1ccc(C(Cl)CN(C)C)cc1[N+](=O)[O-]. The predicted molar refractivity (Wildman–Crippen MR) is 66.8 cm³/mol. The third kappa shape index (κ3) is 3.57. The maximum Gasteiger partial charge on any atom is 0.311 e. The van der Waals surface area contributed by atoms with Crippen molar-refractivity contribution in [2.75, 3.05) is 27.7 Å². The molecule has 0 fully saturated rings. The Balaban J connectivity index is 3.03. The van der Waals surface area contributed by atoms with Gasteiger partial charge >= 0.3 is 5.69 Å². The quantitative estimate of drug-likeness (QED) is 0.462. The third-order valence-corrected chi connectivity index (χ3v) is 2.68. The fourth-order valence-corrected chi connectivity index (χ4v) is 1.88. The van der Waals surface area contributed by atoms with Gasteiger partial charge in [0, 0.05) is 12.6 Å². The summed E-state index contributed by atoms with van der Waals surface area (Å²) in [7, 11) is 5.20. The van der Waals surface area contributed by atoms with Gasteiger partial charge in [-0.3, -0.25) is 10.1 Å². The second kappa shape index (κ2) is 5.84. The number of methoxy groups -OCH3 is 1. The zero-order valence-corrected chi connectivity index (χ0v) is 10.8. The average Bonchev–Trinajstić information content (AvgIpc) is 2.27. The molecule has 0 aromatic heterocycles. The number of benzene rings is 1. The lowest BCUT2D eigenvalue weighted by molar-refractivity contribution is -0.385. The van der Waals surface area contributed by atoms with Crippen LogP contribution in [-0.2, 0) is 0 Å². The predicted octanol–water partition coefficient (Wildman–Crippen LogP) is 2.44. The minimum absolute atomic E-state index is 0.0607. The summed E-state index contributed by atoms with van der Waals surface area (Å²) in [6.07, 6.45) is 0. The van der Waals surface area contributed by atoms with Crippen molar-refractivity contribution in [2.24, 2.45) is 0 Å². The average molecular weight is 259 g/mol. The zero-order valence-electron chi connectivity index (χ0n) is 10.0. The Morgan fingerprint density at radius 2 is 2.18 bits per heavy atom. The number of nitrogens with zero attached hydrogens (tertiary/aromatic N) is 2. The maximum absolute atomic E-state index is 10.8. The molecule has 0 N–H and O–H groups in total. The van der Waals surface area contributed by atoms with Crippen LogP contribution >= 0.6 is 11.6 Å². The van der Waals surface area contributed by atoms with Crippen LogP contribution in [0, 0.1) is 10.1 Å². The van der Waals surface area contributed by atoms with E-state index in [1.54, 1.807) is 12.1 Å². The van der Waals surface area contributed by atoms with Gasteiger partial charge in [0.25, 0.3) is 0 Å². The maximum atomic E-state index is 10.8. The molecule has 0 radical (unpaired) electrons. The monoisotopic (exact) mass is 258 g/mol. The molecule has 5 nitrogen and oxygen atoms in total. The van der Waals surface area contributed by atoms with Gasteiger partial charge in [-0.15, -0.1) is 11.6 Å². The van der Waals surface area contributed by atoms with Crippen LogP contribution in [0.25, 0.3) is 0 Å². The van der Waals surface area contributed by atoms with Crippen molar-refractivity contribution in [1.29, 1.82) is 0 Å². The van der Waals surface area contributed by atoms with Gasteiger partial charge in [-0.25, -0.2) is 0 Å². The van der Waals surface area contributed by atoms with Crippen molar-refractivity contribution in [2.45, 2.75) is 5.38 Å². The summed E-state index contributed by atoms with van der Waals surface area (Å²) in [5.74, 6) is 0.243. The van der Waals surface area contributed by atoms with E-state index >= 15 is 0 Å². The largest absolute Gasteiger partial charge is 0.490 e. The molecule has 1 aromatic carbocycles. The summed E-state index contributed by atoms with van der Waals surface area (Å²) >= 11 is 6.17. The van der Waals surface area contributed by atoms with Crippen LogP contribution in [0.2, 0.25) is 0 Å². The first kappa shape index (κ1) is 13.7. The Kier molecular flexibility index (Phi) is 4.72. The highest BCUT2D eigenvalue weighted by Gasteiger charge is 2.18. The van der Waals surface area contributed by atoms with Crippen LogP contribution < -0.4 is 4.74 Å². The Morgan fingerprint density at radius 3 is 2.65 bits per heavy atom. The van der Waals surface area contributed by atoms with Crippen molar-refractivity contribution < 1.29 is 9.66 Å². The van der Waals surface area contributed by atoms with E-state index in [4.69, 9.17) is 16.3 Å². The normalized spacial score (nSPS) is 12.5. The van der Waals surface area contributed by atoms with E-state index in [0.717, 1.165) is 0 Å². The van der Waals surface area contributed by atoms with Crippen LogP contribution in [0.1, 0.15) is 10.9 Å². The first-order valence-corrected chi connectivity index (χ1v) is 5.50. The van der Waals surface area contributed by atoms with Gasteiger partial charge in [-0.2, -0.15) is 0 Å². The Morgan fingerprint density at radius 1 is 1.53 bits per heavy atom. The molecule has 0 saturated carbocycles. The summed E-state index contributed by atoms with van der Waals surface area (Å²) in [6, 6.07) is 4.77. The first-order chi connectivity index (χ1) is 7.95. The molecule has 1 atom stereocenters. The van der Waals surface area contributed by atoms with Crippen LogP contribution in [-0.4, -0.2) is 37.6 Å². The van der Waals surface area contributed by atoms with E-state index in [9.17, 15) is 10.1 Å². The number of hydrogen-bond donors (Lipinski definition) is 0. The smallest absolute Gasteiger partial charge is 0.311 e. The molecular formula is C11H15ClN2O3. The standard InChI is InChI=1S/C11H15ClN2O3/c1-13(2)7-9(12)8-4-5-11(17-3)10(6-8)14(15)16/h4-6,9H,7H2,1-3H3. The van der Waals surface area contributed by atoms with Crippen LogP contribution in [0.15, 0.2) is 18.2 Å². The fourth-order valence-electron chi connectivity index (χ4n) is 1.47. The third-order valence-electron chi connectivity index (χ3n) is 2.29. The molecule has 1 rings (SSSR count). The number of halogens is 1. The van der Waals surface area contributed by atoms with E-state index < -0.39 is 4.92 Å². The van der Waals surface area contributed by atoms with Crippen molar-refractivity contribution >= 4 is 17.3 Å². The lowest BCUT2D eigenvalue weighted by Gasteiger charge is -2.15. The molecule has 6 heteroatoms. The molecule has 0 aliphatic heterocycles. The highest BCUT2D eigenvalue weighted by Crippen LogP contribution is 2.31. The summed E-state index contributed by atoms with van der Waals surface area (Å²) < 4.78 is 4.93. The summed E-state index contributed by atoms with van der Waals surface area (Å²) in [5.41, 5.74) is 0.655. The van der Waals surface area contributed by atoms with Gasteiger partial charge < -0.3 is 9.64 Å². The van der Waals surface area contributed by atoms with E-state index in [1.165, 1.54) is 13.2 Å².